The van der Waals surface area contributed by atoms with Gasteiger partial charge in [-0.3, -0.25) is 14.3 Å². The first kappa shape index (κ1) is 19.7. The van der Waals surface area contributed by atoms with Crippen molar-refractivity contribution in [3.05, 3.63) is 23.8 Å². The van der Waals surface area contributed by atoms with Crippen LogP contribution in [0, 0.1) is 0 Å². The summed E-state index contributed by atoms with van der Waals surface area (Å²) in [5.41, 5.74) is 3.30. The highest BCUT2D eigenvalue weighted by Gasteiger charge is 2.31. The summed E-state index contributed by atoms with van der Waals surface area (Å²) >= 11 is 0. The molecule has 0 heterocycles. The first-order valence-electron chi connectivity index (χ1n) is 6.38. The minimum Gasteiger partial charge on any atom is -0.346 e. The lowest BCUT2D eigenvalue weighted by molar-refractivity contribution is -0.137. The van der Waals surface area contributed by atoms with Crippen LogP contribution in [0.1, 0.15) is 5.56 Å². The van der Waals surface area contributed by atoms with Crippen molar-refractivity contribution < 1.29 is 31.2 Å². The van der Waals surface area contributed by atoms with Gasteiger partial charge in [0.15, 0.2) is 0 Å². The zero-order chi connectivity index (χ0) is 18.5. The predicted octanol–water partition coefficient (Wildman–Crippen LogP) is 0.0903. The Morgan fingerprint density at radius 1 is 1.17 bits per heavy atom. The minimum atomic E-state index is -4.68. The number of nitrogens with two attached hydrogens (primary N) is 1. The summed E-state index contributed by atoms with van der Waals surface area (Å²) in [6.07, 6.45) is -3.88. The second-order valence-corrected chi connectivity index (χ2v) is 6.41. The van der Waals surface area contributed by atoms with Gasteiger partial charge in [0.05, 0.1) is 36.3 Å². The summed E-state index contributed by atoms with van der Waals surface area (Å²) in [6, 6.07) is 2.12. The van der Waals surface area contributed by atoms with Crippen molar-refractivity contribution in [2.24, 2.45) is 5.73 Å². The van der Waals surface area contributed by atoms with Crippen molar-refractivity contribution in [3.63, 3.8) is 0 Å². The van der Waals surface area contributed by atoms with Crippen LogP contribution in [0.15, 0.2) is 18.2 Å². The quantitative estimate of drug-likeness (QED) is 0.565. The molecule has 0 radical (unpaired) electrons. The molecule has 1 aromatic rings. The van der Waals surface area contributed by atoms with E-state index in [0.29, 0.717) is 12.1 Å². The Kier molecular flexibility index (Phi) is 6.15. The molecule has 24 heavy (non-hydrogen) atoms. The fourth-order valence-electron chi connectivity index (χ4n) is 1.56. The predicted molar refractivity (Wildman–Crippen MR) is 80.6 cm³/mol. The number of rotatable bonds is 6. The monoisotopic (exact) mass is 368 g/mol. The number of carbonyl (C=O) groups excluding carboxylic acids is 2. The summed E-state index contributed by atoms with van der Waals surface area (Å²) in [6.45, 7) is -0.900. The normalized spacial score (nSPS) is 11.7. The molecule has 0 aliphatic carbocycles. The number of hydrogen-bond acceptors (Lipinski definition) is 5. The molecule has 1 rings (SSSR count). The second kappa shape index (κ2) is 7.49. The van der Waals surface area contributed by atoms with Gasteiger partial charge < -0.3 is 16.4 Å². The number of amides is 2. The Morgan fingerprint density at radius 2 is 1.79 bits per heavy atom. The molecule has 8 nitrogen and oxygen atoms in total. The fraction of sp³-hybridized carbons (Fsp3) is 0.333. The third kappa shape index (κ3) is 6.42. The number of alkyl halides is 3. The van der Waals surface area contributed by atoms with Crippen LogP contribution in [0.2, 0.25) is 0 Å². The van der Waals surface area contributed by atoms with Crippen LogP contribution in [0.25, 0.3) is 0 Å². The first-order chi connectivity index (χ1) is 10.9. The average Bonchev–Trinajstić information content (AvgIpc) is 2.44. The van der Waals surface area contributed by atoms with Crippen molar-refractivity contribution in [3.8, 4) is 0 Å². The largest absolute Gasteiger partial charge is 0.416 e. The highest BCUT2D eigenvalue weighted by Crippen LogP contribution is 2.34. The van der Waals surface area contributed by atoms with Gasteiger partial charge >= 0.3 is 6.18 Å². The van der Waals surface area contributed by atoms with Crippen LogP contribution in [0.5, 0.6) is 0 Å². The molecule has 0 aliphatic heterocycles. The fourth-order valence-corrected chi connectivity index (χ4v) is 2.14. The lowest BCUT2D eigenvalue weighted by Crippen LogP contribution is -2.36. The molecule has 0 spiro atoms. The Hall–Kier alpha value is -2.34. The molecule has 0 saturated carbocycles. The first-order valence-corrected chi connectivity index (χ1v) is 8.27. The molecule has 0 unspecified atom stereocenters. The van der Waals surface area contributed by atoms with Gasteiger partial charge in [0, 0.05) is 0 Å². The highest BCUT2D eigenvalue weighted by molar-refractivity contribution is 7.92. The molecule has 2 amide bonds. The summed E-state index contributed by atoms with van der Waals surface area (Å²) in [5, 5.41) is 4.23. The van der Waals surface area contributed by atoms with Crippen LogP contribution in [-0.4, -0.2) is 39.6 Å². The Labute approximate surface area is 135 Å². The number of benzene rings is 1. The Bertz CT molecular complexity index is 734. The lowest BCUT2D eigenvalue weighted by Gasteiger charge is -2.15. The van der Waals surface area contributed by atoms with Gasteiger partial charge in [0.25, 0.3) is 0 Å². The second-order valence-electron chi connectivity index (χ2n) is 4.66. The van der Waals surface area contributed by atoms with Crippen molar-refractivity contribution in [2.75, 3.05) is 29.4 Å². The molecular weight excluding hydrogens is 353 g/mol. The van der Waals surface area contributed by atoms with E-state index in [-0.39, 0.29) is 12.2 Å². The topological polar surface area (TPSA) is 130 Å². The molecule has 0 aliphatic rings. The SMILES string of the molecule is CS(=O)(=O)Nc1ccc(C(F)(F)F)cc1NC(=O)CNC(=O)CN. The maximum absolute atomic E-state index is 12.8. The van der Waals surface area contributed by atoms with E-state index in [1.807, 2.05) is 4.72 Å². The third-order valence-electron chi connectivity index (χ3n) is 2.55. The van der Waals surface area contributed by atoms with Gasteiger partial charge in [0.2, 0.25) is 21.8 Å². The molecule has 0 fully saturated rings. The summed E-state index contributed by atoms with van der Waals surface area (Å²) in [5.74, 6) is -1.49. The molecule has 0 atom stereocenters. The summed E-state index contributed by atoms with van der Waals surface area (Å²) in [4.78, 5) is 22.6. The van der Waals surface area contributed by atoms with E-state index in [9.17, 15) is 31.2 Å². The van der Waals surface area contributed by atoms with E-state index in [1.54, 1.807) is 0 Å². The molecule has 5 N–H and O–H groups in total. The summed E-state index contributed by atoms with van der Waals surface area (Å²) in [7, 11) is -3.78. The number of nitrogens with one attached hydrogen (secondary N) is 3. The van der Waals surface area contributed by atoms with Crippen LogP contribution in [0.4, 0.5) is 24.5 Å². The number of hydrogen-bond donors (Lipinski definition) is 4. The van der Waals surface area contributed by atoms with E-state index < -0.39 is 45.8 Å². The number of carbonyl (C=O) groups is 2. The highest BCUT2D eigenvalue weighted by atomic mass is 32.2. The molecule has 0 bridgehead atoms. The van der Waals surface area contributed by atoms with E-state index in [1.165, 1.54) is 0 Å². The van der Waals surface area contributed by atoms with Crippen LogP contribution in [0.3, 0.4) is 0 Å². The molecule has 0 aromatic heterocycles. The van der Waals surface area contributed by atoms with E-state index in [2.05, 4.69) is 10.6 Å². The van der Waals surface area contributed by atoms with Gasteiger partial charge in [0.1, 0.15) is 0 Å². The van der Waals surface area contributed by atoms with Gasteiger partial charge in [-0.25, -0.2) is 8.42 Å². The smallest absolute Gasteiger partial charge is 0.346 e. The average molecular weight is 368 g/mol. The van der Waals surface area contributed by atoms with Crippen molar-refractivity contribution in [1.82, 2.24) is 5.32 Å². The van der Waals surface area contributed by atoms with Gasteiger partial charge in [-0.05, 0) is 18.2 Å². The van der Waals surface area contributed by atoms with Crippen LogP contribution in [-0.2, 0) is 25.8 Å². The van der Waals surface area contributed by atoms with E-state index >= 15 is 0 Å². The van der Waals surface area contributed by atoms with Crippen molar-refractivity contribution in [2.45, 2.75) is 6.18 Å². The maximum atomic E-state index is 12.8. The van der Waals surface area contributed by atoms with Crippen LogP contribution >= 0.6 is 0 Å². The Morgan fingerprint density at radius 3 is 2.29 bits per heavy atom. The maximum Gasteiger partial charge on any atom is 0.416 e. The molecular formula is C12H15F3N4O4S. The van der Waals surface area contributed by atoms with Gasteiger partial charge in [-0.15, -0.1) is 0 Å². The van der Waals surface area contributed by atoms with Gasteiger partial charge in [-0.2, -0.15) is 13.2 Å². The molecule has 12 heteroatoms. The number of sulfonamides is 1. The van der Waals surface area contributed by atoms with E-state index in [0.717, 1.165) is 12.3 Å². The zero-order valence-electron chi connectivity index (χ0n) is 12.4. The number of halogens is 3. The van der Waals surface area contributed by atoms with Gasteiger partial charge in [-0.1, -0.05) is 0 Å². The zero-order valence-corrected chi connectivity index (χ0v) is 13.2. The van der Waals surface area contributed by atoms with Crippen molar-refractivity contribution in [1.29, 1.82) is 0 Å². The van der Waals surface area contributed by atoms with E-state index in [4.69, 9.17) is 5.73 Å². The lowest BCUT2D eigenvalue weighted by atomic mass is 10.1. The standard InChI is InChI=1S/C12H15F3N4O4S/c1-24(22,23)19-8-3-2-7(12(13,14)15)4-9(8)18-11(21)6-17-10(20)5-16/h2-4,19H,5-6,16H2,1H3,(H,17,20)(H,18,21). The molecule has 0 saturated heterocycles. The van der Waals surface area contributed by atoms with Crippen LogP contribution < -0.4 is 21.1 Å². The molecule has 134 valence electrons. The van der Waals surface area contributed by atoms with Crippen molar-refractivity contribution >= 4 is 33.2 Å². The third-order valence-corrected chi connectivity index (χ3v) is 3.14. The summed E-state index contributed by atoms with van der Waals surface area (Å²) < 4.78 is 62.8. The molecule has 1 aromatic carbocycles. The number of anilines is 2. The minimum absolute atomic E-state index is 0.246. The Balaban J connectivity index is 3.06.